The smallest absolute Gasteiger partial charge is 0.243 e. The topological polar surface area (TPSA) is 96.0 Å². The van der Waals surface area contributed by atoms with Gasteiger partial charge < -0.3 is 10.9 Å². The lowest BCUT2D eigenvalue weighted by molar-refractivity contribution is 0.311. The van der Waals surface area contributed by atoms with Crippen LogP contribution in [0, 0.1) is 11.7 Å². The van der Waals surface area contributed by atoms with Gasteiger partial charge in [0.2, 0.25) is 10.0 Å². The molecular weight excluding hydrogens is 285 g/mol. The molecule has 0 aliphatic rings. The molecule has 0 saturated carbocycles. The fraction of sp³-hybridized carbons (Fsp3) is 0.417. The van der Waals surface area contributed by atoms with Crippen LogP contribution in [-0.2, 0) is 10.0 Å². The van der Waals surface area contributed by atoms with E-state index in [1.165, 1.54) is 18.2 Å². The Morgan fingerprint density at radius 3 is 2.70 bits per heavy atom. The number of amidine groups is 1. The van der Waals surface area contributed by atoms with Gasteiger partial charge in [0.1, 0.15) is 11.7 Å². The fourth-order valence-electron chi connectivity index (χ4n) is 1.67. The van der Waals surface area contributed by atoms with E-state index in [1.54, 1.807) is 13.8 Å². The molecule has 1 atom stereocenters. The minimum absolute atomic E-state index is 0.0469. The minimum atomic E-state index is -3.81. The third kappa shape index (κ3) is 3.67. The zero-order valence-electron chi connectivity index (χ0n) is 11.3. The van der Waals surface area contributed by atoms with E-state index in [-0.39, 0.29) is 23.8 Å². The number of nitrogens with zero attached hydrogens (tertiary/aromatic N) is 2. The average Bonchev–Trinajstić information content (AvgIpc) is 2.43. The van der Waals surface area contributed by atoms with Gasteiger partial charge in [-0.2, -0.15) is 4.31 Å². The normalized spacial score (nSPS) is 14.5. The van der Waals surface area contributed by atoms with Crippen molar-refractivity contribution in [3.05, 3.63) is 30.1 Å². The zero-order chi connectivity index (χ0) is 15.3. The second-order valence-corrected chi connectivity index (χ2v) is 6.28. The second kappa shape index (κ2) is 6.67. The third-order valence-corrected chi connectivity index (χ3v) is 4.82. The zero-order valence-corrected chi connectivity index (χ0v) is 12.1. The van der Waals surface area contributed by atoms with E-state index in [2.05, 4.69) is 5.16 Å². The van der Waals surface area contributed by atoms with E-state index in [0.29, 0.717) is 0 Å². The molecule has 1 aromatic carbocycles. The Hall–Kier alpha value is -1.67. The molecule has 6 nitrogen and oxygen atoms in total. The summed E-state index contributed by atoms with van der Waals surface area (Å²) >= 11 is 0. The van der Waals surface area contributed by atoms with Gasteiger partial charge in [-0.05, 0) is 18.2 Å². The van der Waals surface area contributed by atoms with Crippen molar-refractivity contribution < 1.29 is 18.0 Å². The van der Waals surface area contributed by atoms with Gasteiger partial charge in [0.05, 0.1) is 4.90 Å². The number of oxime groups is 1. The van der Waals surface area contributed by atoms with E-state index in [1.807, 2.05) is 0 Å². The first-order valence-corrected chi connectivity index (χ1v) is 7.50. The van der Waals surface area contributed by atoms with Crippen LogP contribution in [0.1, 0.15) is 13.8 Å². The summed E-state index contributed by atoms with van der Waals surface area (Å²) in [5.41, 5.74) is 5.44. The second-order valence-electron chi connectivity index (χ2n) is 4.34. The summed E-state index contributed by atoms with van der Waals surface area (Å²) in [5.74, 6) is -1.13. The average molecular weight is 303 g/mol. The number of halogens is 1. The largest absolute Gasteiger partial charge is 0.409 e. The SMILES string of the molecule is CCN(CC(C)C(N)=NO)S(=O)(=O)c1cccc(F)c1. The first-order chi connectivity index (χ1) is 9.32. The molecule has 1 rings (SSSR count). The van der Waals surface area contributed by atoms with Crippen molar-refractivity contribution >= 4 is 15.9 Å². The van der Waals surface area contributed by atoms with Crippen LogP contribution in [0.4, 0.5) is 4.39 Å². The molecule has 0 heterocycles. The number of hydrogen-bond donors (Lipinski definition) is 2. The Kier molecular flexibility index (Phi) is 5.46. The van der Waals surface area contributed by atoms with Gasteiger partial charge in [0, 0.05) is 19.0 Å². The summed E-state index contributed by atoms with van der Waals surface area (Å²) in [4.78, 5) is -0.119. The maximum absolute atomic E-state index is 13.2. The molecule has 0 radical (unpaired) electrons. The van der Waals surface area contributed by atoms with Gasteiger partial charge in [-0.3, -0.25) is 0 Å². The highest BCUT2D eigenvalue weighted by Crippen LogP contribution is 2.17. The van der Waals surface area contributed by atoms with Gasteiger partial charge in [-0.25, -0.2) is 12.8 Å². The van der Waals surface area contributed by atoms with E-state index in [4.69, 9.17) is 10.9 Å². The predicted molar refractivity (Wildman–Crippen MR) is 73.4 cm³/mol. The summed E-state index contributed by atoms with van der Waals surface area (Å²) < 4.78 is 39.1. The molecule has 1 aromatic rings. The van der Waals surface area contributed by atoms with Crippen molar-refractivity contribution in [3.63, 3.8) is 0 Å². The summed E-state index contributed by atoms with van der Waals surface area (Å²) in [6, 6.07) is 4.80. The number of nitrogens with two attached hydrogens (primary N) is 1. The molecule has 8 heteroatoms. The van der Waals surface area contributed by atoms with Crippen LogP contribution in [0.2, 0.25) is 0 Å². The highest BCUT2D eigenvalue weighted by atomic mass is 32.2. The van der Waals surface area contributed by atoms with E-state index >= 15 is 0 Å². The van der Waals surface area contributed by atoms with Crippen LogP contribution in [0.15, 0.2) is 34.3 Å². The molecule has 1 unspecified atom stereocenters. The number of sulfonamides is 1. The minimum Gasteiger partial charge on any atom is -0.409 e. The first kappa shape index (κ1) is 16.4. The molecule has 20 heavy (non-hydrogen) atoms. The van der Waals surface area contributed by atoms with E-state index in [0.717, 1.165) is 10.4 Å². The molecule has 0 aliphatic heterocycles. The number of benzene rings is 1. The maximum atomic E-state index is 13.2. The molecule has 3 N–H and O–H groups in total. The Morgan fingerprint density at radius 2 is 2.20 bits per heavy atom. The summed E-state index contributed by atoms with van der Waals surface area (Å²) in [6.07, 6.45) is 0. The van der Waals surface area contributed by atoms with Crippen molar-refractivity contribution in [1.29, 1.82) is 0 Å². The molecule has 0 amide bonds. The molecule has 0 bridgehead atoms. The maximum Gasteiger partial charge on any atom is 0.243 e. The lowest BCUT2D eigenvalue weighted by Crippen LogP contribution is -2.38. The third-order valence-electron chi connectivity index (χ3n) is 2.88. The van der Waals surface area contributed by atoms with E-state index < -0.39 is 21.8 Å². The molecule has 0 saturated heterocycles. The molecule has 112 valence electrons. The van der Waals surface area contributed by atoms with Crippen LogP contribution in [-0.4, -0.2) is 36.9 Å². The number of hydrogen-bond acceptors (Lipinski definition) is 4. The lowest BCUT2D eigenvalue weighted by Gasteiger charge is -2.23. The van der Waals surface area contributed by atoms with Crippen LogP contribution >= 0.6 is 0 Å². The Morgan fingerprint density at radius 1 is 1.55 bits per heavy atom. The number of rotatable bonds is 6. The molecular formula is C12H18FN3O3S. The van der Waals surface area contributed by atoms with Gasteiger partial charge in [-0.1, -0.05) is 25.1 Å². The quantitative estimate of drug-likeness (QED) is 0.357. The molecule has 0 spiro atoms. The molecule has 0 fully saturated rings. The van der Waals surface area contributed by atoms with Crippen molar-refractivity contribution in [3.8, 4) is 0 Å². The van der Waals surface area contributed by atoms with Crippen molar-refractivity contribution in [2.24, 2.45) is 16.8 Å². The van der Waals surface area contributed by atoms with Crippen LogP contribution < -0.4 is 5.73 Å². The van der Waals surface area contributed by atoms with Crippen LogP contribution in [0.3, 0.4) is 0 Å². The van der Waals surface area contributed by atoms with Crippen LogP contribution in [0.25, 0.3) is 0 Å². The lowest BCUT2D eigenvalue weighted by atomic mass is 10.1. The van der Waals surface area contributed by atoms with Gasteiger partial charge in [0.15, 0.2) is 0 Å². The van der Waals surface area contributed by atoms with E-state index in [9.17, 15) is 12.8 Å². The standard InChI is InChI=1S/C12H18FN3O3S/c1-3-16(8-9(2)12(14)15-17)20(18,19)11-6-4-5-10(13)7-11/h4-7,9,17H,3,8H2,1-2H3,(H2,14,15). The van der Waals surface area contributed by atoms with Crippen molar-refractivity contribution in [2.75, 3.05) is 13.1 Å². The Bertz CT molecular complexity index is 589. The van der Waals surface area contributed by atoms with Crippen molar-refractivity contribution in [2.45, 2.75) is 18.7 Å². The predicted octanol–water partition coefficient (Wildman–Crippen LogP) is 1.22. The fourth-order valence-corrected chi connectivity index (χ4v) is 3.24. The van der Waals surface area contributed by atoms with Gasteiger partial charge in [0.25, 0.3) is 0 Å². The highest BCUT2D eigenvalue weighted by Gasteiger charge is 2.26. The molecule has 0 aliphatic carbocycles. The Labute approximate surface area is 117 Å². The summed E-state index contributed by atoms with van der Waals surface area (Å²) in [5, 5.41) is 11.5. The Balaban J connectivity index is 3.05. The van der Waals surface area contributed by atoms with Gasteiger partial charge in [-0.15, -0.1) is 0 Å². The summed E-state index contributed by atoms with van der Waals surface area (Å²) in [7, 11) is -3.81. The molecule has 0 aromatic heterocycles. The highest BCUT2D eigenvalue weighted by molar-refractivity contribution is 7.89. The van der Waals surface area contributed by atoms with Crippen molar-refractivity contribution in [1.82, 2.24) is 4.31 Å². The summed E-state index contributed by atoms with van der Waals surface area (Å²) in [6.45, 7) is 3.54. The van der Waals surface area contributed by atoms with Crippen LogP contribution in [0.5, 0.6) is 0 Å². The first-order valence-electron chi connectivity index (χ1n) is 6.06. The monoisotopic (exact) mass is 303 g/mol. The van der Waals surface area contributed by atoms with Gasteiger partial charge >= 0.3 is 0 Å².